The number of aromatic nitrogens is 2. The fraction of sp³-hybridized carbons (Fsp3) is 0.188. The highest BCUT2D eigenvalue weighted by atomic mass is 32.1. The third kappa shape index (κ3) is 3.94. The first kappa shape index (κ1) is 15.6. The van der Waals surface area contributed by atoms with Crippen LogP contribution in [0.4, 0.5) is 5.13 Å². The molecule has 7 heteroatoms. The average molecular weight is 345 g/mol. The highest BCUT2D eigenvalue weighted by Gasteiger charge is 2.10. The molecule has 0 fully saturated rings. The third-order valence-electron chi connectivity index (χ3n) is 3.14. The second-order valence-corrected chi connectivity index (χ2v) is 6.77. The van der Waals surface area contributed by atoms with Crippen LogP contribution in [0.5, 0.6) is 5.75 Å². The zero-order valence-electron chi connectivity index (χ0n) is 12.7. The van der Waals surface area contributed by atoms with Gasteiger partial charge in [0, 0.05) is 16.3 Å². The van der Waals surface area contributed by atoms with Crippen LogP contribution in [0.2, 0.25) is 0 Å². The Labute approximate surface area is 142 Å². The van der Waals surface area contributed by atoms with E-state index in [9.17, 15) is 4.79 Å². The van der Waals surface area contributed by atoms with Crippen molar-refractivity contribution in [2.75, 3.05) is 12.4 Å². The first-order chi connectivity index (χ1) is 11.1. The summed E-state index contributed by atoms with van der Waals surface area (Å²) in [5.41, 5.74) is 2.60. The molecule has 0 saturated heterocycles. The maximum absolute atomic E-state index is 12.0. The number of aryl methyl sites for hydroxylation is 1. The summed E-state index contributed by atoms with van der Waals surface area (Å²) < 4.78 is 5.14. The SMILES string of the molecule is COc1ccc(-c2csc(NC(=O)Cc3csc(C)n3)n2)cc1. The number of amides is 1. The highest BCUT2D eigenvalue weighted by molar-refractivity contribution is 7.14. The first-order valence-electron chi connectivity index (χ1n) is 6.95. The maximum atomic E-state index is 12.0. The third-order valence-corrected chi connectivity index (χ3v) is 4.72. The standard InChI is InChI=1S/C16H15N3O2S2/c1-10-17-12(8-22-10)7-15(20)19-16-18-14(9-23-16)11-3-5-13(21-2)6-4-11/h3-6,8-9H,7H2,1-2H3,(H,18,19,20). The van der Waals surface area contributed by atoms with Gasteiger partial charge in [-0.05, 0) is 31.2 Å². The Bertz CT molecular complexity index is 809. The number of carbonyl (C=O) groups is 1. The van der Waals surface area contributed by atoms with E-state index in [1.54, 1.807) is 18.4 Å². The fourth-order valence-corrected chi connectivity index (χ4v) is 3.39. The Morgan fingerprint density at radius 2 is 1.96 bits per heavy atom. The fourth-order valence-electron chi connectivity index (χ4n) is 2.04. The molecule has 0 aliphatic carbocycles. The predicted molar refractivity (Wildman–Crippen MR) is 93.3 cm³/mol. The molecule has 118 valence electrons. The number of nitrogens with zero attached hydrogens (tertiary/aromatic N) is 2. The molecule has 0 unspecified atom stereocenters. The van der Waals surface area contributed by atoms with Crippen LogP contribution in [0, 0.1) is 6.92 Å². The van der Waals surface area contributed by atoms with Crippen molar-refractivity contribution in [2.45, 2.75) is 13.3 Å². The van der Waals surface area contributed by atoms with E-state index in [0.29, 0.717) is 5.13 Å². The summed E-state index contributed by atoms with van der Waals surface area (Å²) in [6.45, 7) is 1.92. The van der Waals surface area contributed by atoms with E-state index in [0.717, 1.165) is 27.7 Å². The van der Waals surface area contributed by atoms with Gasteiger partial charge in [0.05, 0.1) is 29.9 Å². The van der Waals surface area contributed by atoms with Crippen molar-refractivity contribution < 1.29 is 9.53 Å². The van der Waals surface area contributed by atoms with Gasteiger partial charge in [0.25, 0.3) is 0 Å². The van der Waals surface area contributed by atoms with E-state index in [4.69, 9.17) is 4.74 Å². The number of ether oxygens (including phenoxy) is 1. The quantitative estimate of drug-likeness (QED) is 0.764. The van der Waals surface area contributed by atoms with Crippen LogP contribution in [-0.2, 0) is 11.2 Å². The zero-order chi connectivity index (χ0) is 16.2. The smallest absolute Gasteiger partial charge is 0.232 e. The molecule has 0 saturated carbocycles. The minimum absolute atomic E-state index is 0.106. The summed E-state index contributed by atoms with van der Waals surface area (Å²) in [7, 11) is 1.63. The molecule has 23 heavy (non-hydrogen) atoms. The van der Waals surface area contributed by atoms with E-state index >= 15 is 0 Å². The van der Waals surface area contributed by atoms with Crippen molar-refractivity contribution >= 4 is 33.7 Å². The number of anilines is 1. The number of carbonyl (C=O) groups excluding carboxylic acids is 1. The lowest BCUT2D eigenvalue weighted by atomic mass is 10.2. The number of methoxy groups -OCH3 is 1. The van der Waals surface area contributed by atoms with E-state index in [-0.39, 0.29) is 12.3 Å². The molecule has 0 bridgehead atoms. The molecule has 1 amide bonds. The number of rotatable bonds is 5. The lowest BCUT2D eigenvalue weighted by molar-refractivity contribution is -0.115. The van der Waals surface area contributed by atoms with E-state index in [1.165, 1.54) is 11.3 Å². The summed E-state index contributed by atoms with van der Waals surface area (Å²) in [5.74, 6) is 0.696. The average Bonchev–Trinajstić information content (AvgIpc) is 3.16. The summed E-state index contributed by atoms with van der Waals surface area (Å²) >= 11 is 2.95. The summed E-state index contributed by atoms with van der Waals surface area (Å²) in [6.07, 6.45) is 0.266. The van der Waals surface area contributed by atoms with Gasteiger partial charge in [-0.2, -0.15) is 0 Å². The molecule has 3 aromatic rings. The summed E-state index contributed by atoms with van der Waals surface area (Å²) in [6, 6.07) is 7.66. The van der Waals surface area contributed by atoms with Gasteiger partial charge in [-0.3, -0.25) is 4.79 Å². The largest absolute Gasteiger partial charge is 0.497 e. The van der Waals surface area contributed by atoms with Crippen LogP contribution in [0.15, 0.2) is 35.0 Å². The molecule has 2 aromatic heterocycles. The molecule has 3 rings (SSSR count). The van der Waals surface area contributed by atoms with Gasteiger partial charge < -0.3 is 10.1 Å². The summed E-state index contributed by atoms with van der Waals surface area (Å²) in [5, 5.41) is 8.20. The number of nitrogens with one attached hydrogen (secondary N) is 1. The molecular weight excluding hydrogens is 330 g/mol. The maximum Gasteiger partial charge on any atom is 0.232 e. The van der Waals surface area contributed by atoms with Gasteiger partial charge >= 0.3 is 0 Å². The van der Waals surface area contributed by atoms with Crippen LogP contribution < -0.4 is 10.1 Å². The van der Waals surface area contributed by atoms with Gasteiger partial charge in [-0.25, -0.2) is 9.97 Å². The van der Waals surface area contributed by atoms with Crippen molar-refractivity contribution in [3.05, 3.63) is 45.7 Å². The highest BCUT2D eigenvalue weighted by Crippen LogP contribution is 2.26. The minimum atomic E-state index is -0.106. The first-order valence-corrected chi connectivity index (χ1v) is 8.71. The topological polar surface area (TPSA) is 64.1 Å². The number of hydrogen-bond acceptors (Lipinski definition) is 6. The Morgan fingerprint density at radius 3 is 2.61 bits per heavy atom. The van der Waals surface area contributed by atoms with Crippen LogP contribution in [0.1, 0.15) is 10.7 Å². The van der Waals surface area contributed by atoms with Crippen molar-refractivity contribution in [2.24, 2.45) is 0 Å². The van der Waals surface area contributed by atoms with Crippen molar-refractivity contribution in [3.63, 3.8) is 0 Å². The second-order valence-electron chi connectivity index (χ2n) is 4.85. The van der Waals surface area contributed by atoms with Gasteiger partial charge in [0.15, 0.2) is 5.13 Å². The van der Waals surface area contributed by atoms with E-state index < -0.39 is 0 Å². The van der Waals surface area contributed by atoms with Gasteiger partial charge in [-0.1, -0.05) is 0 Å². The molecule has 0 aliphatic rings. The molecule has 5 nitrogen and oxygen atoms in total. The normalized spacial score (nSPS) is 10.5. The molecule has 1 aromatic carbocycles. The van der Waals surface area contributed by atoms with Crippen LogP contribution >= 0.6 is 22.7 Å². The Kier molecular flexibility index (Phi) is 4.68. The van der Waals surface area contributed by atoms with Gasteiger partial charge in [-0.15, -0.1) is 22.7 Å². The Morgan fingerprint density at radius 1 is 1.17 bits per heavy atom. The Hall–Kier alpha value is -2.25. The molecule has 0 aliphatic heterocycles. The van der Waals surface area contributed by atoms with Crippen molar-refractivity contribution in [1.82, 2.24) is 9.97 Å². The second kappa shape index (κ2) is 6.89. The lowest BCUT2D eigenvalue weighted by Crippen LogP contribution is -2.14. The minimum Gasteiger partial charge on any atom is -0.497 e. The summed E-state index contributed by atoms with van der Waals surface area (Å²) in [4.78, 5) is 20.8. The Balaban J connectivity index is 1.65. The van der Waals surface area contributed by atoms with Crippen LogP contribution in [0.3, 0.4) is 0 Å². The van der Waals surface area contributed by atoms with Gasteiger partial charge in [0.1, 0.15) is 5.75 Å². The molecule has 2 heterocycles. The zero-order valence-corrected chi connectivity index (χ0v) is 14.3. The molecular formula is C16H15N3O2S2. The van der Waals surface area contributed by atoms with Crippen LogP contribution in [0.25, 0.3) is 11.3 Å². The molecule has 1 N–H and O–H groups in total. The number of thiazole rings is 2. The van der Waals surface area contributed by atoms with E-state index in [2.05, 4.69) is 15.3 Å². The molecule has 0 radical (unpaired) electrons. The molecule has 0 atom stereocenters. The van der Waals surface area contributed by atoms with Gasteiger partial charge in [0.2, 0.25) is 5.91 Å². The molecule has 0 spiro atoms. The van der Waals surface area contributed by atoms with Crippen molar-refractivity contribution in [1.29, 1.82) is 0 Å². The predicted octanol–water partition coefficient (Wildman–Crippen LogP) is 3.76. The van der Waals surface area contributed by atoms with Crippen LogP contribution in [-0.4, -0.2) is 23.0 Å². The van der Waals surface area contributed by atoms with E-state index in [1.807, 2.05) is 41.9 Å². The monoisotopic (exact) mass is 345 g/mol. The lowest BCUT2D eigenvalue weighted by Gasteiger charge is -2.01. The van der Waals surface area contributed by atoms with Crippen molar-refractivity contribution in [3.8, 4) is 17.0 Å². The number of hydrogen-bond donors (Lipinski definition) is 1. The number of benzene rings is 1.